The lowest BCUT2D eigenvalue weighted by Gasteiger charge is -2.32. The quantitative estimate of drug-likeness (QED) is 0.695. The van der Waals surface area contributed by atoms with Gasteiger partial charge in [-0.3, -0.25) is 5.32 Å². The van der Waals surface area contributed by atoms with Crippen LogP contribution >= 0.6 is 11.6 Å². The van der Waals surface area contributed by atoms with Gasteiger partial charge in [0.15, 0.2) is 0 Å². The average molecular weight is 394 g/mol. The third-order valence-electron chi connectivity index (χ3n) is 2.84. The van der Waals surface area contributed by atoms with Crippen LogP contribution in [0.4, 0.5) is 36.8 Å². The van der Waals surface area contributed by atoms with Crippen molar-refractivity contribution in [1.82, 2.24) is 0 Å². The number of rotatable bonds is 2. The Hall–Kier alpha value is -1.68. The van der Waals surface area contributed by atoms with E-state index >= 15 is 0 Å². The smallest absolute Gasteiger partial charge is 0.430 e. The molecule has 1 aromatic carbocycles. The number of aliphatic hydroxyl groups is 1. The van der Waals surface area contributed by atoms with E-state index in [-0.39, 0.29) is 11.8 Å². The Morgan fingerprint density at radius 2 is 1.56 bits per heavy atom. The second-order valence-corrected chi connectivity index (χ2v) is 6.43. The van der Waals surface area contributed by atoms with E-state index in [0.717, 1.165) is 0 Å². The van der Waals surface area contributed by atoms with Crippen molar-refractivity contribution in [3.63, 3.8) is 0 Å². The fourth-order valence-corrected chi connectivity index (χ4v) is 1.97. The van der Waals surface area contributed by atoms with Crippen LogP contribution in [0.15, 0.2) is 18.2 Å². The number of carbonyl (C=O) groups excluding carboxylic acids is 1. The van der Waals surface area contributed by atoms with E-state index in [4.69, 9.17) is 16.3 Å². The number of ether oxygens (including phenoxy) is 1. The molecule has 1 rings (SSSR count). The molecule has 0 aliphatic heterocycles. The molecule has 0 atom stereocenters. The van der Waals surface area contributed by atoms with Crippen molar-refractivity contribution in [2.24, 2.45) is 0 Å². The summed E-state index contributed by atoms with van der Waals surface area (Å²) in [6, 6.07) is 1.33. The molecule has 0 spiro atoms. The highest BCUT2D eigenvalue weighted by atomic mass is 35.5. The van der Waals surface area contributed by atoms with Crippen molar-refractivity contribution >= 4 is 23.4 Å². The lowest BCUT2D eigenvalue weighted by Crippen LogP contribution is -2.53. The molecule has 0 saturated heterocycles. The van der Waals surface area contributed by atoms with Crippen molar-refractivity contribution in [1.29, 1.82) is 0 Å². The van der Waals surface area contributed by atoms with Gasteiger partial charge >= 0.3 is 18.4 Å². The number of benzene rings is 1. The Morgan fingerprint density at radius 3 is 1.92 bits per heavy atom. The third-order valence-corrected chi connectivity index (χ3v) is 3.16. The fraction of sp³-hybridized carbons (Fsp3) is 0.500. The highest BCUT2D eigenvalue weighted by Gasteiger charge is 2.71. The molecule has 1 aromatic rings. The molecule has 0 saturated carbocycles. The minimum absolute atomic E-state index is 0.273. The van der Waals surface area contributed by atoms with Gasteiger partial charge in [-0.1, -0.05) is 17.7 Å². The van der Waals surface area contributed by atoms with Crippen molar-refractivity contribution in [3.05, 3.63) is 28.8 Å². The lowest BCUT2D eigenvalue weighted by atomic mass is 9.92. The molecule has 0 fully saturated rings. The number of hydrogen-bond acceptors (Lipinski definition) is 3. The normalized spacial score (nSPS) is 13.6. The molecule has 142 valence electrons. The topological polar surface area (TPSA) is 58.6 Å². The highest BCUT2D eigenvalue weighted by molar-refractivity contribution is 6.33. The van der Waals surface area contributed by atoms with Crippen LogP contribution in [0, 0.1) is 0 Å². The maximum Gasteiger partial charge on any atom is 0.430 e. The predicted octanol–water partition coefficient (Wildman–Crippen LogP) is 5.00. The number of halogens is 7. The summed E-state index contributed by atoms with van der Waals surface area (Å²) in [7, 11) is 0. The van der Waals surface area contributed by atoms with Gasteiger partial charge < -0.3 is 9.84 Å². The summed E-state index contributed by atoms with van der Waals surface area (Å²) in [6.07, 6.45) is -13.1. The minimum Gasteiger partial charge on any atom is -0.444 e. The first-order valence-electron chi connectivity index (χ1n) is 6.65. The first-order chi connectivity index (χ1) is 11.0. The summed E-state index contributed by atoms with van der Waals surface area (Å²) in [5.74, 6) is 0. The second-order valence-electron chi connectivity index (χ2n) is 6.03. The molecule has 0 aliphatic carbocycles. The SMILES string of the molecule is CC(C)(C)OC(=O)Nc1ccc(C(O)(C(F)(F)F)C(F)(F)F)cc1Cl. The Balaban J connectivity index is 3.23. The Labute approximate surface area is 143 Å². The van der Waals surface area contributed by atoms with Crippen LogP contribution in [0.1, 0.15) is 26.3 Å². The Kier molecular flexibility index (Phi) is 5.61. The molecule has 1 amide bonds. The molecule has 0 bridgehead atoms. The summed E-state index contributed by atoms with van der Waals surface area (Å²) >= 11 is 5.63. The molecule has 0 radical (unpaired) electrons. The Bertz CT molecular complexity index is 637. The molecule has 2 N–H and O–H groups in total. The molecule has 25 heavy (non-hydrogen) atoms. The zero-order valence-corrected chi connectivity index (χ0v) is 13.9. The summed E-state index contributed by atoms with van der Waals surface area (Å²) in [5.41, 5.74) is -7.81. The van der Waals surface area contributed by atoms with E-state index in [1.165, 1.54) is 0 Å². The van der Waals surface area contributed by atoms with Crippen LogP contribution in [-0.4, -0.2) is 29.2 Å². The molecule has 0 unspecified atom stereocenters. The van der Waals surface area contributed by atoms with E-state index in [1.54, 1.807) is 20.8 Å². The van der Waals surface area contributed by atoms with Gasteiger partial charge in [-0.05, 0) is 32.9 Å². The minimum atomic E-state index is -6.03. The number of alkyl halides is 6. The van der Waals surface area contributed by atoms with Gasteiger partial charge in [-0.25, -0.2) is 4.79 Å². The summed E-state index contributed by atoms with van der Waals surface area (Å²) in [5, 5.41) is 10.7. The summed E-state index contributed by atoms with van der Waals surface area (Å²) < 4.78 is 81.8. The standard InChI is InChI=1S/C14H14ClF6NO3/c1-11(2,3)25-10(23)22-9-5-4-7(6-8(9)15)12(24,13(16,17)18)14(19,20)21/h4-6,24H,1-3H3,(H,22,23). The molecule has 0 heterocycles. The van der Waals surface area contributed by atoms with E-state index in [9.17, 15) is 36.2 Å². The van der Waals surface area contributed by atoms with Crippen LogP contribution in [0.5, 0.6) is 0 Å². The maximum absolute atomic E-state index is 12.8. The van der Waals surface area contributed by atoms with Crippen LogP contribution in [0.25, 0.3) is 0 Å². The van der Waals surface area contributed by atoms with Gasteiger partial charge in [0.2, 0.25) is 0 Å². The van der Waals surface area contributed by atoms with E-state index < -0.39 is 40.2 Å². The number of carbonyl (C=O) groups is 1. The molecular weight excluding hydrogens is 380 g/mol. The lowest BCUT2D eigenvalue weighted by molar-refractivity contribution is -0.376. The zero-order valence-electron chi connectivity index (χ0n) is 13.1. The summed E-state index contributed by atoms with van der Waals surface area (Å²) in [4.78, 5) is 11.6. The molecule has 4 nitrogen and oxygen atoms in total. The zero-order chi connectivity index (χ0) is 19.8. The van der Waals surface area contributed by atoms with Gasteiger partial charge in [0.25, 0.3) is 5.60 Å². The predicted molar refractivity (Wildman–Crippen MR) is 77.3 cm³/mol. The molecular formula is C14H14ClF6NO3. The first-order valence-corrected chi connectivity index (χ1v) is 7.02. The Morgan fingerprint density at radius 1 is 1.08 bits per heavy atom. The molecule has 11 heteroatoms. The molecule has 0 aromatic heterocycles. The van der Waals surface area contributed by atoms with E-state index in [2.05, 4.69) is 5.32 Å². The van der Waals surface area contributed by atoms with Crippen molar-refractivity contribution in [3.8, 4) is 0 Å². The van der Waals surface area contributed by atoms with Gasteiger partial charge in [0, 0.05) is 5.56 Å². The summed E-state index contributed by atoms with van der Waals surface area (Å²) in [6.45, 7) is 4.64. The second kappa shape index (κ2) is 6.56. The fourth-order valence-electron chi connectivity index (χ4n) is 1.74. The van der Waals surface area contributed by atoms with Gasteiger partial charge in [0.05, 0.1) is 10.7 Å². The molecule has 0 aliphatic rings. The number of amides is 1. The van der Waals surface area contributed by atoms with Gasteiger partial charge in [0.1, 0.15) is 5.60 Å². The van der Waals surface area contributed by atoms with Crippen LogP contribution < -0.4 is 5.32 Å². The highest BCUT2D eigenvalue weighted by Crippen LogP contribution is 2.50. The van der Waals surface area contributed by atoms with Gasteiger partial charge in [-0.2, -0.15) is 26.3 Å². The van der Waals surface area contributed by atoms with Crippen molar-refractivity contribution < 1.29 is 41.0 Å². The number of hydrogen-bond donors (Lipinski definition) is 2. The van der Waals surface area contributed by atoms with Crippen LogP contribution in [-0.2, 0) is 10.3 Å². The number of nitrogens with one attached hydrogen (secondary N) is 1. The number of anilines is 1. The largest absolute Gasteiger partial charge is 0.444 e. The van der Waals surface area contributed by atoms with Crippen LogP contribution in [0.2, 0.25) is 5.02 Å². The monoisotopic (exact) mass is 393 g/mol. The first kappa shape index (κ1) is 21.4. The third kappa shape index (κ3) is 4.69. The maximum atomic E-state index is 12.8. The van der Waals surface area contributed by atoms with E-state index in [1.807, 2.05) is 0 Å². The average Bonchev–Trinajstić information content (AvgIpc) is 2.35. The van der Waals surface area contributed by atoms with Crippen LogP contribution in [0.3, 0.4) is 0 Å². The van der Waals surface area contributed by atoms with Gasteiger partial charge in [-0.15, -0.1) is 0 Å². The van der Waals surface area contributed by atoms with Crippen molar-refractivity contribution in [2.45, 2.75) is 44.3 Å². The van der Waals surface area contributed by atoms with Crippen molar-refractivity contribution in [2.75, 3.05) is 5.32 Å². The van der Waals surface area contributed by atoms with E-state index in [0.29, 0.717) is 12.1 Å².